The molecule has 0 radical (unpaired) electrons. The van der Waals surface area contributed by atoms with Gasteiger partial charge in [0.05, 0.1) is 22.0 Å². The third-order valence-electron chi connectivity index (χ3n) is 3.12. The molecule has 0 aliphatic rings. The van der Waals surface area contributed by atoms with Gasteiger partial charge < -0.3 is 0 Å². The lowest BCUT2D eigenvalue weighted by Gasteiger charge is -2.11. The molecule has 7 heteroatoms. The van der Waals surface area contributed by atoms with Crippen molar-refractivity contribution in [2.45, 2.75) is 19.5 Å². The number of alkyl halides is 3. The van der Waals surface area contributed by atoms with Crippen molar-refractivity contribution in [2.24, 2.45) is 5.10 Å². The highest BCUT2D eigenvalue weighted by atomic mass is 35.5. The fourth-order valence-electron chi connectivity index (χ4n) is 1.90. The number of nitrogens with zero attached hydrogens (tertiary/aromatic N) is 1. The molecule has 0 fully saturated rings. The Labute approximate surface area is 141 Å². The first-order valence-electron chi connectivity index (χ1n) is 6.76. The van der Waals surface area contributed by atoms with Crippen LogP contribution in [0.3, 0.4) is 0 Å². The molecule has 2 aromatic rings. The van der Waals surface area contributed by atoms with E-state index in [0.29, 0.717) is 17.2 Å². The molecule has 0 atom stereocenters. The summed E-state index contributed by atoms with van der Waals surface area (Å²) < 4.78 is 38.2. The molecule has 0 amide bonds. The summed E-state index contributed by atoms with van der Waals surface area (Å²) in [5.41, 5.74) is 3.43. The lowest BCUT2D eigenvalue weighted by atomic mass is 10.1. The van der Waals surface area contributed by atoms with Crippen LogP contribution in [0.15, 0.2) is 47.6 Å². The predicted molar refractivity (Wildman–Crippen MR) is 88.4 cm³/mol. The Balaban J connectivity index is 2.28. The Kier molecular flexibility index (Phi) is 5.55. The highest BCUT2D eigenvalue weighted by Gasteiger charge is 2.30. The van der Waals surface area contributed by atoms with Crippen LogP contribution in [0.4, 0.5) is 18.9 Å². The molecule has 0 spiro atoms. The lowest BCUT2D eigenvalue weighted by molar-refractivity contribution is -0.137. The fraction of sp³-hybridized carbons (Fsp3) is 0.188. The van der Waals surface area contributed by atoms with Gasteiger partial charge in [-0.2, -0.15) is 18.3 Å². The van der Waals surface area contributed by atoms with Gasteiger partial charge in [-0.15, -0.1) is 0 Å². The standard InChI is InChI=1S/C16H13Cl2F3N2/c1-2-14(10-3-6-12(17)7-4-10)22-23-15-9-11(16(19,20)21)5-8-13(15)18/h3-9,23H,2H2,1H3/b22-14-. The zero-order chi connectivity index (χ0) is 17.0. The van der Waals surface area contributed by atoms with Crippen LogP contribution in [0.1, 0.15) is 24.5 Å². The van der Waals surface area contributed by atoms with Gasteiger partial charge in [0.2, 0.25) is 0 Å². The van der Waals surface area contributed by atoms with Crippen molar-refractivity contribution in [3.05, 3.63) is 63.6 Å². The minimum absolute atomic E-state index is 0.0985. The zero-order valence-electron chi connectivity index (χ0n) is 12.1. The van der Waals surface area contributed by atoms with E-state index in [9.17, 15) is 13.2 Å². The van der Waals surface area contributed by atoms with Crippen LogP contribution in [-0.4, -0.2) is 5.71 Å². The van der Waals surface area contributed by atoms with E-state index >= 15 is 0 Å². The van der Waals surface area contributed by atoms with E-state index in [0.717, 1.165) is 17.7 Å². The highest BCUT2D eigenvalue weighted by molar-refractivity contribution is 6.33. The number of hydrazone groups is 1. The first-order valence-corrected chi connectivity index (χ1v) is 7.52. The second kappa shape index (κ2) is 7.23. The van der Waals surface area contributed by atoms with E-state index in [1.807, 2.05) is 6.92 Å². The summed E-state index contributed by atoms with van der Waals surface area (Å²) in [5, 5.41) is 4.92. The maximum Gasteiger partial charge on any atom is 0.416 e. The van der Waals surface area contributed by atoms with E-state index in [-0.39, 0.29) is 10.7 Å². The normalized spacial score (nSPS) is 12.3. The Morgan fingerprint density at radius 1 is 1.09 bits per heavy atom. The van der Waals surface area contributed by atoms with Crippen LogP contribution in [0, 0.1) is 0 Å². The smallest absolute Gasteiger partial charge is 0.277 e. The molecule has 0 heterocycles. The number of anilines is 1. The average Bonchev–Trinajstić information content (AvgIpc) is 2.50. The molecule has 0 aliphatic carbocycles. The van der Waals surface area contributed by atoms with Crippen molar-refractivity contribution in [2.75, 3.05) is 5.43 Å². The van der Waals surface area contributed by atoms with Gasteiger partial charge in [0.15, 0.2) is 0 Å². The third kappa shape index (κ3) is 4.62. The van der Waals surface area contributed by atoms with Gasteiger partial charge in [-0.25, -0.2) is 0 Å². The number of hydrogen-bond acceptors (Lipinski definition) is 2. The zero-order valence-corrected chi connectivity index (χ0v) is 13.6. The molecule has 2 nitrogen and oxygen atoms in total. The maximum atomic E-state index is 12.7. The Morgan fingerprint density at radius 2 is 1.74 bits per heavy atom. The molecule has 0 aromatic heterocycles. The van der Waals surface area contributed by atoms with Gasteiger partial charge in [0.25, 0.3) is 0 Å². The molecular formula is C16H13Cl2F3N2. The van der Waals surface area contributed by atoms with Gasteiger partial charge in [-0.1, -0.05) is 42.3 Å². The van der Waals surface area contributed by atoms with Crippen LogP contribution < -0.4 is 5.43 Å². The molecule has 0 saturated carbocycles. The minimum atomic E-state index is -4.44. The van der Waals surface area contributed by atoms with Crippen molar-refractivity contribution in [1.29, 1.82) is 0 Å². The molecule has 2 rings (SSSR count). The molecule has 2 aromatic carbocycles. The molecule has 0 saturated heterocycles. The van der Waals surface area contributed by atoms with Gasteiger partial charge in [-0.05, 0) is 42.3 Å². The third-order valence-corrected chi connectivity index (χ3v) is 3.70. The molecule has 0 unspecified atom stereocenters. The van der Waals surface area contributed by atoms with E-state index in [2.05, 4.69) is 10.5 Å². The Bertz CT molecular complexity index is 710. The summed E-state index contributed by atoms with van der Waals surface area (Å²) in [6, 6.07) is 10.1. The molecule has 1 N–H and O–H groups in total. The van der Waals surface area contributed by atoms with Crippen LogP contribution in [0.2, 0.25) is 10.0 Å². The van der Waals surface area contributed by atoms with Crippen molar-refractivity contribution >= 4 is 34.6 Å². The number of halogens is 5. The van der Waals surface area contributed by atoms with E-state index in [4.69, 9.17) is 23.2 Å². The maximum absolute atomic E-state index is 12.7. The topological polar surface area (TPSA) is 24.4 Å². The summed E-state index contributed by atoms with van der Waals surface area (Å²) in [6.45, 7) is 1.89. The van der Waals surface area contributed by atoms with Gasteiger partial charge >= 0.3 is 6.18 Å². The number of rotatable bonds is 4. The van der Waals surface area contributed by atoms with Crippen LogP contribution in [0.5, 0.6) is 0 Å². The van der Waals surface area contributed by atoms with Crippen molar-refractivity contribution < 1.29 is 13.2 Å². The molecule has 122 valence electrons. The van der Waals surface area contributed by atoms with E-state index in [1.165, 1.54) is 6.07 Å². The van der Waals surface area contributed by atoms with E-state index in [1.54, 1.807) is 24.3 Å². The first kappa shape index (κ1) is 17.6. The second-order valence-electron chi connectivity index (χ2n) is 4.72. The van der Waals surface area contributed by atoms with Gasteiger partial charge in [-0.3, -0.25) is 5.43 Å². The molecule has 0 bridgehead atoms. The summed E-state index contributed by atoms with van der Waals surface area (Å²) in [7, 11) is 0. The van der Waals surface area contributed by atoms with Crippen LogP contribution in [0.25, 0.3) is 0 Å². The second-order valence-corrected chi connectivity index (χ2v) is 5.57. The molecule has 0 aliphatic heterocycles. The van der Waals surface area contributed by atoms with Crippen molar-refractivity contribution in [3.63, 3.8) is 0 Å². The highest BCUT2D eigenvalue weighted by Crippen LogP contribution is 2.33. The Morgan fingerprint density at radius 3 is 2.30 bits per heavy atom. The van der Waals surface area contributed by atoms with Crippen LogP contribution >= 0.6 is 23.2 Å². The number of benzene rings is 2. The quantitative estimate of drug-likeness (QED) is 0.506. The lowest BCUT2D eigenvalue weighted by Crippen LogP contribution is -2.07. The fourth-order valence-corrected chi connectivity index (χ4v) is 2.19. The van der Waals surface area contributed by atoms with Crippen LogP contribution in [-0.2, 0) is 6.18 Å². The van der Waals surface area contributed by atoms with E-state index < -0.39 is 11.7 Å². The molecular weight excluding hydrogens is 348 g/mol. The number of nitrogens with one attached hydrogen (secondary N) is 1. The predicted octanol–water partition coefficient (Wildman–Crippen LogP) is 6.24. The summed E-state index contributed by atoms with van der Waals surface area (Å²) in [4.78, 5) is 0. The largest absolute Gasteiger partial charge is 0.416 e. The SMILES string of the molecule is CC/C(=N/Nc1cc(C(F)(F)F)ccc1Cl)c1ccc(Cl)cc1. The minimum Gasteiger partial charge on any atom is -0.277 e. The summed E-state index contributed by atoms with van der Waals surface area (Å²) >= 11 is 11.8. The summed E-state index contributed by atoms with van der Waals surface area (Å²) in [5.74, 6) is 0. The monoisotopic (exact) mass is 360 g/mol. The van der Waals surface area contributed by atoms with Crippen molar-refractivity contribution in [1.82, 2.24) is 0 Å². The van der Waals surface area contributed by atoms with Gasteiger partial charge in [0.1, 0.15) is 0 Å². The Hall–Kier alpha value is -1.72. The average molecular weight is 361 g/mol. The summed E-state index contributed by atoms with van der Waals surface area (Å²) in [6.07, 6.45) is -3.85. The first-order chi connectivity index (χ1) is 10.8. The molecule has 23 heavy (non-hydrogen) atoms. The number of hydrogen-bond donors (Lipinski definition) is 1. The van der Waals surface area contributed by atoms with Crippen molar-refractivity contribution in [3.8, 4) is 0 Å². The van der Waals surface area contributed by atoms with Gasteiger partial charge in [0, 0.05) is 5.02 Å².